The fraction of sp³-hybridized carbons (Fsp3) is 0.208. The van der Waals surface area contributed by atoms with E-state index in [2.05, 4.69) is 15.0 Å². The molecule has 33 heavy (non-hydrogen) atoms. The zero-order valence-corrected chi connectivity index (χ0v) is 18.8. The number of nitrogens with zero attached hydrogens (tertiary/aromatic N) is 5. The van der Waals surface area contributed by atoms with Gasteiger partial charge in [0.2, 0.25) is 10.0 Å². The number of rotatable bonds is 4. The second-order valence-corrected chi connectivity index (χ2v) is 9.85. The number of aryl methyl sites for hydroxylation is 1. The number of benzene rings is 2. The lowest BCUT2D eigenvalue weighted by molar-refractivity contribution is 0.384. The van der Waals surface area contributed by atoms with Crippen LogP contribution in [0.1, 0.15) is 5.69 Å². The molecule has 0 spiro atoms. The van der Waals surface area contributed by atoms with E-state index in [9.17, 15) is 12.8 Å². The first kappa shape index (κ1) is 21.4. The van der Waals surface area contributed by atoms with Gasteiger partial charge < -0.3 is 4.90 Å². The van der Waals surface area contributed by atoms with Crippen LogP contribution < -0.4 is 4.90 Å². The first-order valence-electron chi connectivity index (χ1n) is 10.6. The van der Waals surface area contributed by atoms with E-state index in [0.717, 1.165) is 16.6 Å². The number of para-hydroxylation sites is 1. The normalized spacial score (nSPS) is 15.2. The van der Waals surface area contributed by atoms with Crippen LogP contribution in [0, 0.1) is 12.7 Å². The Morgan fingerprint density at radius 3 is 2.42 bits per heavy atom. The number of pyridine rings is 1. The van der Waals surface area contributed by atoms with E-state index in [4.69, 9.17) is 0 Å². The molecular formula is C24H22FN5O2S. The molecule has 1 aliphatic heterocycles. The molecule has 4 aromatic rings. The largest absolute Gasteiger partial charge is 0.354 e. The maximum absolute atomic E-state index is 13.4. The Hall–Kier alpha value is -3.43. The van der Waals surface area contributed by atoms with E-state index in [-0.39, 0.29) is 10.7 Å². The second-order valence-electron chi connectivity index (χ2n) is 7.94. The van der Waals surface area contributed by atoms with Gasteiger partial charge in [-0.1, -0.05) is 18.2 Å². The first-order valence-corrected chi connectivity index (χ1v) is 12.1. The van der Waals surface area contributed by atoms with E-state index in [1.807, 2.05) is 36.1 Å². The molecule has 0 saturated carbocycles. The van der Waals surface area contributed by atoms with Crippen LogP contribution in [-0.4, -0.2) is 53.9 Å². The van der Waals surface area contributed by atoms with E-state index in [0.29, 0.717) is 43.2 Å². The first-order chi connectivity index (χ1) is 15.9. The van der Waals surface area contributed by atoms with Gasteiger partial charge >= 0.3 is 0 Å². The molecule has 1 saturated heterocycles. The third kappa shape index (κ3) is 4.17. The van der Waals surface area contributed by atoms with E-state index in [1.165, 1.54) is 22.8 Å². The smallest absolute Gasteiger partial charge is 0.245 e. The predicted octanol–water partition coefficient (Wildman–Crippen LogP) is 3.65. The van der Waals surface area contributed by atoms with Crippen LogP contribution in [0.15, 0.2) is 71.9 Å². The van der Waals surface area contributed by atoms with Gasteiger partial charge in [-0.25, -0.2) is 22.8 Å². The summed E-state index contributed by atoms with van der Waals surface area (Å²) in [4.78, 5) is 15.4. The third-order valence-electron chi connectivity index (χ3n) is 5.80. The van der Waals surface area contributed by atoms with Gasteiger partial charge in [0.25, 0.3) is 0 Å². The number of piperazine rings is 1. The Labute approximate surface area is 191 Å². The molecule has 0 unspecified atom stereocenters. The highest BCUT2D eigenvalue weighted by atomic mass is 32.2. The molecule has 2 aromatic heterocycles. The minimum absolute atomic E-state index is 0.234. The molecule has 9 heteroatoms. The lowest BCUT2D eigenvalue weighted by Gasteiger charge is -2.34. The van der Waals surface area contributed by atoms with Crippen molar-refractivity contribution in [3.05, 3.63) is 78.5 Å². The monoisotopic (exact) mass is 463 g/mol. The van der Waals surface area contributed by atoms with Crippen LogP contribution in [0.5, 0.6) is 0 Å². The molecule has 2 aromatic carbocycles. The Morgan fingerprint density at radius 2 is 1.67 bits per heavy atom. The Bertz CT molecular complexity index is 1420. The predicted molar refractivity (Wildman–Crippen MR) is 125 cm³/mol. The maximum atomic E-state index is 13.4. The fourth-order valence-electron chi connectivity index (χ4n) is 4.02. The quantitative estimate of drug-likeness (QED) is 0.460. The van der Waals surface area contributed by atoms with Gasteiger partial charge in [-0.2, -0.15) is 4.31 Å². The average molecular weight is 464 g/mol. The molecule has 0 N–H and O–H groups in total. The number of hydrogen-bond acceptors (Lipinski definition) is 6. The Morgan fingerprint density at radius 1 is 0.909 bits per heavy atom. The van der Waals surface area contributed by atoms with Crippen molar-refractivity contribution in [1.82, 2.24) is 19.3 Å². The molecule has 0 aliphatic carbocycles. The standard InChI is InChI=1S/C24H22FN5O2S/c1-17-5-6-19-3-2-4-22(24(19)28-17)33(31,32)30-13-11-29(12-14-30)23-15-21(26-16-27-23)18-7-9-20(25)10-8-18/h2-10,15-16H,11-14H2,1H3. The molecule has 7 nitrogen and oxygen atoms in total. The zero-order chi connectivity index (χ0) is 23.0. The average Bonchev–Trinajstić information content (AvgIpc) is 2.84. The summed E-state index contributed by atoms with van der Waals surface area (Å²) in [5.74, 6) is 0.408. The fourth-order valence-corrected chi connectivity index (χ4v) is 5.60. The minimum Gasteiger partial charge on any atom is -0.354 e. The molecule has 168 valence electrons. The van der Waals surface area contributed by atoms with Gasteiger partial charge in [-0.15, -0.1) is 0 Å². The van der Waals surface area contributed by atoms with Crippen molar-refractivity contribution in [1.29, 1.82) is 0 Å². The highest BCUT2D eigenvalue weighted by Crippen LogP contribution is 2.27. The molecule has 0 bridgehead atoms. The van der Waals surface area contributed by atoms with Crippen molar-refractivity contribution in [2.75, 3.05) is 31.1 Å². The lowest BCUT2D eigenvalue weighted by Crippen LogP contribution is -2.49. The summed E-state index contributed by atoms with van der Waals surface area (Å²) in [5.41, 5.74) is 2.75. The SMILES string of the molecule is Cc1ccc2cccc(S(=O)(=O)N3CCN(c4cc(-c5ccc(F)cc5)ncn4)CC3)c2n1. The Balaban J connectivity index is 1.36. The van der Waals surface area contributed by atoms with Crippen molar-refractivity contribution in [3.63, 3.8) is 0 Å². The van der Waals surface area contributed by atoms with Crippen molar-refractivity contribution in [2.24, 2.45) is 0 Å². The highest BCUT2D eigenvalue weighted by Gasteiger charge is 2.30. The molecule has 0 atom stereocenters. The number of fused-ring (bicyclic) bond motifs is 1. The topological polar surface area (TPSA) is 79.3 Å². The summed E-state index contributed by atoms with van der Waals surface area (Å²) in [6.07, 6.45) is 1.47. The molecule has 5 rings (SSSR count). The summed E-state index contributed by atoms with van der Waals surface area (Å²) >= 11 is 0. The minimum atomic E-state index is -3.69. The van der Waals surface area contributed by atoms with E-state index < -0.39 is 10.0 Å². The number of sulfonamides is 1. The van der Waals surface area contributed by atoms with E-state index in [1.54, 1.807) is 24.3 Å². The zero-order valence-electron chi connectivity index (χ0n) is 18.0. The van der Waals surface area contributed by atoms with Gasteiger partial charge in [0.1, 0.15) is 22.9 Å². The van der Waals surface area contributed by atoms with Gasteiger partial charge in [0, 0.05) is 48.9 Å². The van der Waals surface area contributed by atoms with Crippen LogP contribution in [0.3, 0.4) is 0 Å². The van der Waals surface area contributed by atoms with Crippen molar-refractivity contribution in [3.8, 4) is 11.3 Å². The Kier molecular flexibility index (Phi) is 5.51. The molecule has 1 aliphatic rings. The molecule has 1 fully saturated rings. The lowest BCUT2D eigenvalue weighted by atomic mass is 10.1. The summed E-state index contributed by atoms with van der Waals surface area (Å²) in [6, 6.07) is 17.0. The van der Waals surface area contributed by atoms with Crippen LogP contribution in [0.4, 0.5) is 10.2 Å². The van der Waals surface area contributed by atoms with Gasteiger partial charge in [-0.05, 0) is 43.3 Å². The van der Waals surface area contributed by atoms with Crippen molar-refractivity contribution < 1.29 is 12.8 Å². The van der Waals surface area contributed by atoms with Crippen LogP contribution in [0.2, 0.25) is 0 Å². The summed E-state index contributed by atoms with van der Waals surface area (Å²) in [5, 5.41) is 0.801. The summed E-state index contributed by atoms with van der Waals surface area (Å²) < 4.78 is 41.6. The van der Waals surface area contributed by atoms with Crippen LogP contribution in [0.25, 0.3) is 22.2 Å². The number of hydrogen-bond donors (Lipinski definition) is 0. The van der Waals surface area contributed by atoms with Crippen molar-refractivity contribution in [2.45, 2.75) is 11.8 Å². The van der Waals surface area contributed by atoms with Gasteiger partial charge in [0.15, 0.2) is 0 Å². The molecule has 0 radical (unpaired) electrons. The molecule has 3 heterocycles. The molecule has 0 amide bonds. The maximum Gasteiger partial charge on any atom is 0.245 e. The number of anilines is 1. The van der Waals surface area contributed by atoms with Crippen LogP contribution in [-0.2, 0) is 10.0 Å². The third-order valence-corrected chi connectivity index (χ3v) is 7.73. The van der Waals surface area contributed by atoms with Gasteiger partial charge in [0.05, 0.1) is 11.2 Å². The number of halogens is 1. The second kappa shape index (κ2) is 8.49. The summed E-state index contributed by atoms with van der Waals surface area (Å²) in [6.45, 7) is 3.51. The summed E-state index contributed by atoms with van der Waals surface area (Å²) in [7, 11) is -3.69. The molecular weight excluding hydrogens is 441 g/mol. The number of aromatic nitrogens is 3. The van der Waals surface area contributed by atoms with Crippen molar-refractivity contribution >= 4 is 26.7 Å². The van der Waals surface area contributed by atoms with E-state index >= 15 is 0 Å². The van der Waals surface area contributed by atoms with Crippen LogP contribution >= 0.6 is 0 Å². The van der Waals surface area contributed by atoms with Gasteiger partial charge in [-0.3, -0.25) is 4.98 Å². The highest BCUT2D eigenvalue weighted by molar-refractivity contribution is 7.89.